The summed E-state index contributed by atoms with van der Waals surface area (Å²) in [6.07, 6.45) is 0. The van der Waals surface area contributed by atoms with E-state index in [4.69, 9.17) is 23.2 Å². The molecular weight excluding hydrogens is 421 g/mol. The molecule has 0 fully saturated rings. The van der Waals surface area contributed by atoms with Gasteiger partial charge < -0.3 is 9.11 Å². The Bertz CT molecular complexity index is 882. The van der Waals surface area contributed by atoms with Gasteiger partial charge in [-0.15, -0.1) is 0 Å². The van der Waals surface area contributed by atoms with Gasteiger partial charge in [0.1, 0.15) is 20.2 Å². The third-order valence-electron chi connectivity index (χ3n) is 2.73. The Balaban J connectivity index is 0.00000264. The van der Waals surface area contributed by atoms with E-state index in [1.165, 1.54) is 24.3 Å². The van der Waals surface area contributed by atoms with Crippen LogP contribution in [0, 0.1) is 0 Å². The summed E-state index contributed by atoms with van der Waals surface area (Å²) in [6.45, 7) is 0. The Morgan fingerprint density at radius 3 is 1.21 bits per heavy atom. The normalized spacial score (nSPS) is 11.3. The summed E-state index contributed by atoms with van der Waals surface area (Å²) in [5, 5.41) is -0.520. The molecule has 0 heterocycles. The van der Waals surface area contributed by atoms with E-state index >= 15 is 0 Å². The van der Waals surface area contributed by atoms with Gasteiger partial charge in [-0.3, -0.25) is 0 Å². The van der Waals surface area contributed by atoms with Crippen LogP contribution >= 0.6 is 23.2 Å². The van der Waals surface area contributed by atoms with Crippen molar-refractivity contribution >= 4 is 43.4 Å². The standard InChI is InChI=1S/C12H8Cl2O6S2.2Na/c13-9-3-1-7(5-11(9)21(15,16)17)8-2-4-10(14)12(6-8)22(18,19)20;;/h1-6H,(H,15,16,17)(H,18,19,20);;/q;2*+1/p-2. The van der Waals surface area contributed by atoms with Crippen molar-refractivity contribution in [2.45, 2.75) is 9.79 Å². The first-order chi connectivity index (χ1) is 10.00. The molecule has 0 bridgehead atoms. The van der Waals surface area contributed by atoms with E-state index in [-0.39, 0.29) is 80.3 Å². The second-order valence-electron chi connectivity index (χ2n) is 4.20. The van der Waals surface area contributed by atoms with E-state index in [1.54, 1.807) is 0 Å². The van der Waals surface area contributed by atoms with Gasteiger partial charge in [0, 0.05) is 0 Å². The Hall–Kier alpha value is 0.840. The zero-order valence-corrected chi connectivity index (χ0v) is 19.6. The monoisotopic (exact) mass is 426 g/mol. The third kappa shape index (κ3) is 5.94. The summed E-state index contributed by atoms with van der Waals surface area (Å²) < 4.78 is 66.7. The van der Waals surface area contributed by atoms with Gasteiger partial charge in [0.05, 0.1) is 19.8 Å². The van der Waals surface area contributed by atoms with Gasteiger partial charge in [0.15, 0.2) is 0 Å². The quantitative estimate of drug-likeness (QED) is 0.371. The largest absolute Gasteiger partial charge is 1.00 e. The SMILES string of the molecule is O=S(=O)([O-])c1cc(-c2ccc(Cl)c(S(=O)(=O)[O-])c2)ccc1Cl.[Na+].[Na+]. The van der Waals surface area contributed by atoms with Crippen molar-refractivity contribution in [1.82, 2.24) is 0 Å². The number of rotatable bonds is 3. The second-order valence-corrected chi connectivity index (χ2v) is 7.71. The van der Waals surface area contributed by atoms with Crippen molar-refractivity contribution in [3.63, 3.8) is 0 Å². The first-order valence-corrected chi connectivity index (χ1v) is 9.08. The predicted molar refractivity (Wildman–Crippen MR) is 77.8 cm³/mol. The Morgan fingerprint density at radius 2 is 0.958 bits per heavy atom. The number of benzene rings is 2. The van der Waals surface area contributed by atoms with Crippen LogP contribution in [-0.4, -0.2) is 25.9 Å². The van der Waals surface area contributed by atoms with Crippen molar-refractivity contribution in [3.05, 3.63) is 46.4 Å². The van der Waals surface area contributed by atoms with Crippen LogP contribution in [-0.2, 0) is 20.2 Å². The van der Waals surface area contributed by atoms with Crippen LogP contribution in [0.5, 0.6) is 0 Å². The fraction of sp³-hybridized carbons (Fsp3) is 0. The second kappa shape index (κ2) is 9.16. The Kier molecular flexibility index (Phi) is 9.48. The number of halogens is 2. The predicted octanol–water partition coefficient (Wildman–Crippen LogP) is -3.52. The first kappa shape index (κ1) is 24.8. The van der Waals surface area contributed by atoms with Crippen molar-refractivity contribution in [3.8, 4) is 11.1 Å². The van der Waals surface area contributed by atoms with Crippen molar-refractivity contribution in [2.75, 3.05) is 0 Å². The maximum absolute atomic E-state index is 11.1. The van der Waals surface area contributed by atoms with Gasteiger partial charge in [-0.05, 0) is 35.4 Å². The molecule has 12 heteroatoms. The van der Waals surface area contributed by atoms with Gasteiger partial charge in [0.2, 0.25) is 0 Å². The molecule has 2 rings (SSSR count). The molecule has 0 unspecified atom stereocenters. The van der Waals surface area contributed by atoms with E-state index in [9.17, 15) is 25.9 Å². The summed E-state index contributed by atoms with van der Waals surface area (Å²) in [4.78, 5) is -1.29. The summed E-state index contributed by atoms with van der Waals surface area (Å²) in [7, 11) is -9.60. The maximum Gasteiger partial charge on any atom is 1.00 e. The van der Waals surface area contributed by atoms with E-state index in [0.717, 1.165) is 12.1 Å². The summed E-state index contributed by atoms with van der Waals surface area (Å²) in [5.41, 5.74) is 0.390. The molecule has 0 aliphatic rings. The molecule has 0 aromatic heterocycles. The minimum Gasteiger partial charge on any atom is -0.744 e. The number of hydrogen-bond donors (Lipinski definition) is 0. The summed E-state index contributed by atoms with van der Waals surface area (Å²) in [5.74, 6) is 0. The van der Waals surface area contributed by atoms with Crippen LogP contribution < -0.4 is 59.1 Å². The van der Waals surface area contributed by atoms with Gasteiger partial charge >= 0.3 is 59.1 Å². The van der Waals surface area contributed by atoms with Crippen LogP contribution in [0.15, 0.2) is 46.2 Å². The Labute approximate surface area is 193 Å². The zero-order chi connectivity index (χ0) is 16.7. The van der Waals surface area contributed by atoms with E-state index in [0.29, 0.717) is 0 Å². The van der Waals surface area contributed by atoms with E-state index in [1.807, 2.05) is 0 Å². The minimum atomic E-state index is -4.80. The van der Waals surface area contributed by atoms with Gasteiger partial charge in [-0.2, -0.15) is 0 Å². The average molecular weight is 427 g/mol. The first-order valence-electron chi connectivity index (χ1n) is 5.51. The van der Waals surface area contributed by atoms with Crippen LogP contribution in [0.3, 0.4) is 0 Å². The molecule has 6 nitrogen and oxygen atoms in total. The van der Waals surface area contributed by atoms with Gasteiger partial charge in [-0.25, -0.2) is 16.8 Å². The fourth-order valence-electron chi connectivity index (χ4n) is 1.75. The molecule has 2 aromatic carbocycles. The Morgan fingerprint density at radius 1 is 0.667 bits per heavy atom. The number of hydrogen-bond acceptors (Lipinski definition) is 6. The molecule has 0 radical (unpaired) electrons. The minimum absolute atomic E-state index is 0. The van der Waals surface area contributed by atoms with Crippen molar-refractivity contribution in [2.24, 2.45) is 0 Å². The molecule has 118 valence electrons. The molecule has 0 N–H and O–H groups in total. The molecule has 2 aromatic rings. The average Bonchev–Trinajstić information content (AvgIpc) is 2.37. The fourth-order valence-corrected chi connectivity index (χ4v) is 3.71. The smallest absolute Gasteiger partial charge is 0.744 e. The maximum atomic E-state index is 11.1. The zero-order valence-electron chi connectivity index (χ0n) is 12.5. The molecule has 0 spiro atoms. The molecule has 24 heavy (non-hydrogen) atoms. The third-order valence-corrected chi connectivity index (χ3v) is 5.37. The molecule has 0 saturated heterocycles. The van der Waals surface area contributed by atoms with E-state index in [2.05, 4.69) is 0 Å². The van der Waals surface area contributed by atoms with Gasteiger partial charge in [-0.1, -0.05) is 35.3 Å². The molecule has 0 aliphatic heterocycles. The van der Waals surface area contributed by atoms with Crippen LogP contribution in [0.2, 0.25) is 10.0 Å². The van der Waals surface area contributed by atoms with Crippen LogP contribution in [0.4, 0.5) is 0 Å². The summed E-state index contributed by atoms with van der Waals surface area (Å²) >= 11 is 11.3. The summed E-state index contributed by atoms with van der Waals surface area (Å²) in [6, 6.07) is 7.11. The van der Waals surface area contributed by atoms with Crippen molar-refractivity contribution in [1.29, 1.82) is 0 Å². The van der Waals surface area contributed by atoms with Crippen molar-refractivity contribution < 1.29 is 85.1 Å². The van der Waals surface area contributed by atoms with Crippen LogP contribution in [0.25, 0.3) is 11.1 Å². The topological polar surface area (TPSA) is 114 Å². The van der Waals surface area contributed by atoms with E-state index < -0.39 is 30.0 Å². The van der Waals surface area contributed by atoms with Gasteiger partial charge in [0.25, 0.3) is 0 Å². The molecular formula is C12H6Cl2Na2O6S2. The molecule has 0 saturated carbocycles. The van der Waals surface area contributed by atoms with Crippen LogP contribution in [0.1, 0.15) is 0 Å². The molecule has 0 amide bonds. The molecule has 0 aliphatic carbocycles. The molecule has 0 atom stereocenters.